The predicted octanol–water partition coefficient (Wildman–Crippen LogP) is 2.01. The number of amides is 2. The molecular weight excluding hydrogens is 312 g/mol. The molecule has 1 spiro atoms. The molecule has 1 unspecified atom stereocenters. The average Bonchev–Trinajstić information content (AvgIpc) is 2.56. The number of nitrogens with zero attached hydrogens (tertiary/aromatic N) is 2. The molecule has 0 aliphatic carbocycles. The monoisotopic (exact) mass is 342 g/mol. The normalized spacial score (nSPS) is 25.2. The molecule has 23 heavy (non-hydrogen) atoms. The summed E-state index contributed by atoms with van der Waals surface area (Å²) in [7, 11) is 1.67. The minimum atomic E-state index is 0.102. The predicted molar refractivity (Wildman–Crippen MR) is 93.6 cm³/mol. The van der Waals surface area contributed by atoms with Gasteiger partial charge in [0, 0.05) is 45.1 Å². The fourth-order valence-electron chi connectivity index (χ4n) is 3.66. The van der Waals surface area contributed by atoms with Crippen LogP contribution in [0, 0.1) is 5.41 Å². The highest BCUT2D eigenvalue weighted by atomic mass is 32.2. The second-order valence-electron chi connectivity index (χ2n) is 6.78. The Morgan fingerprint density at radius 2 is 2.17 bits per heavy atom. The summed E-state index contributed by atoms with van der Waals surface area (Å²) in [5.41, 5.74) is 0.102. The van der Waals surface area contributed by atoms with E-state index in [-0.39, 0.29) is 17.2 Å². The Kier molecular flexibility index (Phi) is 7.21. The van der Waals surface area contributed by atoms with Gasteiger partial charge < -0.3 is 14.5 Å². The second-order valence-corrected chi connectivity index (χ2v) is 7.88. The van der Waals surface area contributed by atoms with Crippen LogP contribution in [0.2, 0.25) is 0 Å². The van der Waals surface area contributed by atoms with Gasteiger partial charge in [0.15, 0.2) is 0 Å². The van der Waals surface area contributed by atoms with Gasteiger partial charge in [-0.1, -0.05) is 6.92 Å². The van der Waals surface area contributed by atoms with Crippen molar-refractivity contribution in [3.8, 4) is 0 Å². The van der Waals surface area contributed by atoms with Crippen LogP contribution in [0.3, 0.4) is 0 Å². The molecular formula is C17H30N2O3S. The van der Waals surface area contributed by atoms with Gasteiger partial charge >= 0.3 is 0 Å². The van der Waals surface area contributed by atoms with Crippen molar-refractivity contribution in [3.05, 3.63) is 0 Å². The van der Waals surface area contributed by atoms with Crippen LogP contribution >= 0.6 is 11.8 Å². The first kappa shape index (κ1) is 18.6. The van der Waals surface area contributed by atoms with Crippen molar-refractivity contribution in [2.45, 2.75) is 39.0 Å². The van der Waals surface area contributed by atoms with Gasteiger partial charge in [0.1, 0.15) is 0 Å². The summed E-state index contributed by atoms with van der Waals surface area (Å²) in [6, 6.07) is 0. The largest absolute Gasteiger partial charge is 0.383 e. The molecule has 2 saturated heterocycles. The Hall–Kier alpha value is -0.750. The topological polar surface area (TPSA) is 49.9 Å². The van der Waals surface area contributed by atoms with E-state index in [0.29, 0.717) is 25.3 Å². The number of ether oxygens (including phenoxy) is 1. The molecule has 1 atom stereocenters. The van der Waals surface area contributed by atoms with Crippen molar-refractivity contribution in [2.24, 2.45) is 5.41 Å². The lowest BCUT2D eigenvalue weighted by molar-refractivity contribution is -0.142. The molecule has 0 radical (unpaired) electrons. The number of hydrogen-bond acceptors (Lipinski definition) is 4. The number of likely N-dealkylation sites (tertiary alicyclic amines) is 2. The van der Waals surface area contributed by atoms with Gasteiger partial charge in [-0.2, -0.15) is 11.8 Å². The minimum absolute atomic E-state index is 0.102. The highest BCUT2D eigenvalue weighted by molar-refractivity contribution is 7.99. The van der Waals surface area contributed by atoms with Crippen LogP contribution in [0.1, 0.15) is 39.0 Å². The molecule has 2 fully saturated rings. The van der Waals surface area contributed by atoms with Crippen molar-refractivity contribution in [1.82, 2.24) is 9.80 Å². The number of carbonyl (C=O) groups is 2. The lowest BCUT2D eigenvalue weighted by atomic mass is 9.73. The second kappa shape index (κ2) is 8.92. The molecule has 6 heteroatoms. The van der Waals surface area contributed by atoms with E-state index < -0.39 is 0 Å². The van der Waals surface area contributed by atoms with Crippen molar-refractivity contribution in [3.63, 3.8) is 0 Å². The fourth-order valence-corrected chi connectivity index (χ4v) is 4.45. The van der Waals surface area contributed by atoms with Crippen LogP contribution < -0.4 is 0 Å². The van der Waals surface area contributed by atoms with Crippen LogP contribution in [-0.4, -0.2) is 73.0 Å². The maximum Gasteiger partial charge on any atom is 0.232 e. The summed E-state index contributed by atoms with van der Waals surface area (Å²) in [4.78, 5) is 28.5. The molecule has 132 valence electrons. The van der Waals surface area contributed by atoms with Gasteiger partial charge in [-0.25, -0.2) is 0 Å². The number of rotatable bonds is 7. The lowest BCUT2D eigenvalue weighted by Crippen LogP contribution is -2.55. The molecule has 0 aromatic heterocycles. The van der Waals surface area contributed by atoms with Crippen molar-refractivity contribution >= 4 is 23.6 Å². The zero-order valence-electron chi connectivity index (χ0n) is 14.5. The first-order chi connectivity index (χ1) is 11.1. The molecule has 2 rings (SSSR count). The minimum Gasteiger partial charge on any atom is -0.383 e. The molecule has 2 amide bonds. The fraction of sp³-hybridized carbons (Fsp3) is 0.882. The number of thioether (sulfide) groups is 1. The number of piperidine rings is 2. The van der Waals surface area contributed by atoms with Crippen LogP contribution in [0.5, 0.6) is 0 Å². The average molecular weight is 343 g/mol. The van der Waals surface area contributed by atoms with Gasteiger partial charge in [-0.15, -0.1) is 0 Å². The Morgan fingerprint density at radius 3 is 2.91 bits per heavy atom. The lowest BCUT2D eigenvalue weighted by Gasteiger charge is -2.48. The highest BCUT2D eigenvalue weighted by Crippen LogP contribution is 2.38. The number of carbonyl (C=O) groups excluding carboxylic acids is 2. The molecule has 0 aromatic rings. The standard InChI is InChI=1S/C17H30N2O3S/c1-3-11-23-12-16(21)18-8-4-6-17(13-18)7-5-15(20)19(14-17)9-10-22-2/h3-14H2,1-2H3. The molecule has 0 N–H and O–H groups in total. The van der Waals surface area contributed by atoms with Crippen molar-refractivity contribution < 1.29 is 14.3 Å². The summed E-state index contributed by atoms with van der Waals surface area (Å²) in [5, 5.41) is 0. The van der Waals surface area contributed by atoms with Crippen LogP contribution in [0.25, 0.3) is 0 Å². The van der Waals surface area contributed by atoms with E-state index in [2.05, 4.69) is 6.92 Å². The van der Waals surface area contributed by atoms with E-state index in [4.69, 9.17) is 4.74 Å². The van der Waals surface area contributed by atoms with Gasteiger partial charge in [0.05, 0.1) is 12.4 Å². The zero-order chi connectivity index (χ0) is 16.7. The summed E-state index contributed by atoms with van der Waals surface area (Å²) < 4.78 is 5.12. The first-order valence-corrected chi connectivity index (χ1v) is 9.88. The Morgan fingerprint density at radius 1 is 1.35 bits per heavy atom. The van der Waals surface area contributed by atoms with Gasteiger partial charge in [0.25, 0.3) is 0 Å². The third-order valence-electron chi connectivity index (χ3n) is 4.90. The van der Waals surface area contributed by atoms with E-state index in [1.54, 1.807) is 18.9 Å². The third-order valence-corrected chi connectivity index (χ3v) is 6.05. The molecule has 0 saturated carbocycles. The zero-order valence-corrected chi connectivity index (χ0v) is 15.3. The van der Waals surface area contributed by atoms with E-state index in [1.807, 2.05) is 9.80 Å². The van der Waals surface area contributed by atoms with Gasteiger partial charge in [-0.05, 0) is 31.4 Å². The van der Waals surface area contributed by atoms with E-state index in [0.717, 1.165) is 51.1 Å². The molecule has 0 aromatic carbocycles. The Labute approximate surface area is 144 Å². The molecule has 0 bridgehead atoms. The Bertz CT molecular complexity index is 419. The van der Waals surface area contributed by atoms with Gasteiger partial charge in [-0.3, -0.25) is 9.59 Å². The van der Waals surface area contributed by atoms with E-state index >= 15 is 0 Å². The summed E-state index contributed by atoms with van der Waals surface area (Å²) in [5.74, 6) is 2.14. The quantitative estimate of drug-likeness (QED) is 0.664. The van der Waals surface area contributed by atoms with E-state index in [9.17, 15) is 9.59 Å². The summed E-state index contributed by atoms with van der Waals surface area (Å²) in [6.45, 7) is 5.85. The van der Waals surface area contributed by atoms with Crippen molar-refractivity contribution in [2.75, 3.05) is 51.4 Å². The van der Waals surface area contributed by atoms with Crippen LogP contribution in [-0.2, 0) is 14.3 Å². The molecule has 5 nitrogen and oxygen atoms in total. The summed E-state index contributed by atoms with van der Waals surface area (Å²) >= 11 is 1.73. The summed E-state index contributed by atoms with van der Waals surface area (Å²) in [6.07, 6.45) is 4.81. The molecule has 2 heterocycles. The SMILES string of the molecule is CCCSCC(=O)N1CCCC2(CCC(=O)N(CCOC)C2)C1. The van der Waals surface area contributed by atoms with Gasteiger partial charge in [0.2, 0.25) is 11.8 Å². The van der Waals surface area contributed by atoms with Crippen LogP contribution in [0.15, 0.2) is 0 Å². The molecule has 2 aliphatic heterocycles. The maximum atomic E-state index is 12.4. The van der Waals surface area contributed by atoms with Crippen LogP contribution in [0.4, 0.5) is 0 Å². The maximum absolute atomic E-state index is 12.4. The Balaban J connectivity index is 1.92. The third kappa shape index (κ3) is 5.11. The highest BCUT2D eigenvalue weighted by Gasteiger charge is 2.42. The van der Waals surface area contributed by atoms with E-state index in [1.165, 1.54) is 0 Å². The number of methoxy groups -OCH3 is 1. The molecule has 2 aliphatic rings. The number of hydrogen-bond donors (Lipinski definition) is 0. The first-order valence-electron chi connectivity index (χ1n) is 8.72. The van der Waals surface area contributed by atoms with Crippen molar-refractivity contribution in [1.29, 1.82) is 0 Å². The smallest absolute Gasteiger partial charge is 0.232 e.